The molecule has 19 heavy (non-hydrogen) atoms. The van der Waals surface area contributed by atoms with Gasteiger partial charge in [0.05, 0.1) is 0 Å². The van der Waals surface area contributed by atoms with Crippen LogP contribution in [-0.2, 0) is 6.61 Å². The zero-order chi connectivity index (χ0) is 13.7. The summed E-state index contributed by atoms with van der Waals surface area (Å²) in [6, 6.07) is 16.2. The van der Waals surface area contributed by atoms with Crippen LogP contribution in [0.2, 0.25) is 0 Å². The molecule has 0 amide bonds. The average Bonchev–Trinajstić information content (AvgIpc) is 2.46. The largest absolute Gasteiger partial charge is 0.489 e. The van der Waals surface area contributed by atoms with Crippen LogP contribution < -0.4 is 10.5 Å². The number of nitrogens with two attached hydrogens (primary N) is 1. The molecular weight excluding hydrogens is 302 g/mol. The third-order valence-corrected chi connectivity index (χ3v) is 3.87. The quantitative estimate of drug-likeness (QED) is 0.884. The van der Waals surface area contributed by atoms with E-state index in [-0.39, 0.29) is 6.04 Å². The van der Waals surface area contributed by atoms with Gasteiger partial charge >= 0.3 is 0 Å². The third kappa shape index (κ3) is 3.82. The van der Waals surface area contributed by atoms with E-state index in [1.807, 2.05) is 48.5 Å². The van der Waals surface area contributed by atoms with Gasteiger partial charge in [-0.1, -0.05) is 53.2 Å². The number of hydrogen-bond acceptors (Lipinski definition) is 2. The Labute approximate surface area is 122 Å². The first-order valence-electron chi connectivity index (χ1n) is 6.42. The molecule has 0 spiro atoms. The Hall–Kier alpha value is -1.32. The zero-order valence-electron chi connectivity index (χ0n) is 11.0. The van der Waals surface area contributed by atoms with Crippen LogP contribution in [0.4, 0.5) is 0 Å². The topological polar surface area (TPSA) is 35.2 Å². The average molecular weight is 320 g/mol. The molecule has 0 aliphatic carbocycles. The maximum atomic E-state index is 5.98. The van der Waals surface area contributed by atoms with Crippen LogP contribution in [0.5, 0.6) is 5.75 Å². The summed E-state index contributed by atoms with van der Waals surface area (Å²) >= 11 is 3.51. The fraction of sp³-hybridized carbons (Fsp3) is 0.250. The fourth-order valence-corrected chi connectivity index (χ4v) is 2.22. The monoisotopic (exact) mass is 319 g/mol. The molecule has 3 heteroatoms. The molecule has 100 valence electrons. The Kier molecular flexibility index (Phi) is 5.00. The van der Waals surface area contributed by atoms with Crippen molar-refractivity contribution in [2.24, 2.45) is 5.73 Å². The summed E-state index contributed by atoms with van der Waals surface area (Å²) in [4.78, 5) is 0. The minimum absolute atomic E-state index is 0.109. The lowest BCUT2D eigenvalue weighted by Crippen LogP contribution is -2.08. The van der Waals surface area contributed by atoms with Crippen LogP contribution in [-0.4, -0.2) is 0 Å². The molecule has 0 aromatic heterocycles. The Morgan fingerprint density at radius 3 is 2.42 bits per heavy atom. The number of ether oxygens (including phenoxy) is 1. The van der Waals surface area contributed by atoms with Crippen LogP contribution >= 0.6 is 15.9 Å². The van der Waals surface area contributed by atoms with Gasteiger partial charge in [-0.05, 0) is 30.2 Å². The second-order valence-corrected chi connectivity index (χ2v) is 5.32. The predicted molar refractivity (Wildman–Crippen MR) is 82.1 cm³/mol. The molecule has 2 nitrogen and oxygen atoms in total. The van der Waals surface area contributed by atoms with E-state index in [0.29, 0.717) is 6.61 Å². The minimum atomic E-state index is 0.109. The van der Waals surface area contributed by atoms with Crippen molar-refractivity contribution in [1.82, 2.24) is 0 Å². The standard InChI is InChI=1S/C16H18BrNO/c1-2-16(18)12-7-9-14(10-8-12)19-11-13-5-3-4-6-15(13)17/h3-10,16H,2,11,18H2,1H3/t16-/m1/s1. The van der Waals surface area contributed by atoms with E-state index in [1.165, 1.54) is 0 Å². The van der Waals surface area contributed by atoms with E-state index in [1.54, 1.807) is 0 Å². The summed E-state index contributed by atoms with van der Waals surface area (Å²) in [6.45, 7) is 2.64. The van der Waals surface area contributed by atoms with Gasteiger partial charge < -0.3 is 10.5 Å². The molecule has 2 aromatic carbocycles. The van der Waals surface area contributed by atoms with Gasteiger partial charge in [-0.3, -0.25) is 0 Å². The number of benzene rings is 2. The normalized spacial score (nSPS) is 12.2. The van der Waals surface area contributed by atoms with E-state index >= 15 is 0 Å². The van der Waals surface area contributed by atoms with Gasteiger partial charge in [0.2, 0.25) is 0 Å². The predicted octanol–water partition coefficient (Wildman–Crippen LogP) is 4.44. The van der Waals surface area contributed by atoms with Gasteiger partial charge in [0.15, 0.2) is 0 Å². The summed E-state index contributed by atoms with van der Waals surface area (Å²) < 4.78 is 6.84. The lowest BCUT2D eigenvalue weighted by atomic mass is 10.1. The first-order chi connectivity index (χ1) is 9.20. The molecule has 0 aliphatic rings. The van der Waals surface area contributed by atoms with Crippen molar-refractivity contribution in [2.45, 2.75) is 26.0 Å². The SMILES string of the molecule is CC[C@@H](N)c1ccc(OCc2ccccc2Br)cc1. The molecule has 0 saturated heterocycles. The van der Waals surface area contributed by atoms with Crippen LogP contribution in [0, 0.1) is 0 Å². The fourth-order valence-electron chi connectivity index (χ4n) is 1.82. The van der Waals surface area contributed by atoms with Crippen molar-refractivity contribution >= 4 is 15.9 Å². The Morgan fingerprint density at radius 2 is 1.79 bits per heavy atom. The smallest absolute Gasteiger partial charge is 0.119 e. The van der Waals surface area contributed by atoms with Gasteiger partial charge in [0, 0.05) is 16.1 Å². The van der Waals surface area contributed by atoms with Crippen molar-refractivity contribution in [2.75, 3.05) is 0 Å². The van der Waals surface area contributed by atoms with E-state index in [9.17, 15) is 0 Å². The highest BCUT2D eigenvalue weighted by Crippen LogP contribution is 2.21. The van der Waals surface area contributed by atoms with Crippen molar-refractivity contribution < 1.29 is 4.74 Å². The highest BCUT2D eigenvalue weighted by molar-refractivity contribution is 9.10. The Morgan fingerprint density at radius 1 is 1.11 bits per heavy atom. The van der Waals surface area contributed by atoms with Crippen molar-refractivity contribution in [3.8, 4) is 5.75 Å². The van der Waals surface area contributed by atoms with Crippen LogP contribution in [0.3, 0.4) is 0 Å². The lowest BCUT2D eigenvalue weighted by Gasteiger charge is -2.11. The summed E-state index contributed by atoms with van der Waals surface area (Å²) in [6.07, 6.45) is 0.942. The molecule has 0 aliphatic heterocycles. The lowest BCUT2D eigenvalue weighted by molar-refractivity contribution is 0.305. The summed E-state index contributed by atoms with van der Waals surface area (Å²) in [5.74, 6) is 0.864. The van der Waals surface area contributed by atoms with Gasteiger partial charge in [0.1, 0.15) is 12.4 Å². The molecule has 0 fully saturated rings. The van der Waals surface area contributed by atoms with E-state index in [4.69, 9.17) is 10.5 Å². The van der Waals surface area contributed by atoms with Crippen molar-refractivity contribution in [3.05, 3.63) is 64.1 Å². The molecular formula is C16H18BrNO. The first kappa shape index (κ1) is 14.1. The third-order valence-electron chi connectivity index (χ3n) is 3.10. The van der Waals surface area contributed by atoms with Crippen LogP contribution in [0.25, 0.3) is 0 Å². The van der Waals surface area contributed by atoms with E-state index in [2.05, 4.69) is 22.9 Å². The molecule has 0 saturated carbocycles. The molecule has 2 aromatic rings. The maximum absolute atomic E-state index is 5.98. The van der Waals surface area contributed by atoms with Gasteiger partial charge in [-0.25, -0.2) is 0 Å². The summed E-state index contributed by atoms with van der Waals surface area (Å²) in [5.41, 5.74) is 8.27. The second-order valence-electron chi connectivity index (χ2n) is 4.46. The summed E-state index contributed by atoms with van der Waals surface area (Å²) in [7, 11) is 0. The van der Waals surface area contributed by atoms with Crippen LogP contribution in [0.15, 0.2) is 53.0 Å². The van der Waals surface area contributed by atoms with Gasteiger partial charge in [-0.2, -0.15) is 0 Å². The molecule has 0 radical (unpaired) electrons. The highest BCUT2D eigenvalue weighted by atomic mass is 79.9. The minimum Gasteiger partial charge on any atom is -0.489 e. The molecule has 1 atom stereocenters. The number of rotatable bonds is 5. The van der Waals surface area contributed by atoms with Gasteiger partial charge in [0.25, 0.3) is 0 Å². The van der Waals surface area contributed by atoms with Crippen molar-refractivity contribution in [1.29, 1.82) is 0 Å². The first-order valence-corrected chi connectivity index (χ1v) is 7.21. The Bertz CT molecular complexity index is 525. The highest BCUT2D eigenvalue weighted by Gasteiger charge is 2.04. The van der Waals surface area contributed by atoms with Crippen molar-refractivity contribution in [3.63, 3.8) is 0 Å². The van der Waals surface area contributed by atoms with E-state index in [0.717, 1.165) is 27.8 Å². The van der Waals surface area contributed by atoms with Crippen LogP contribution in [0.1, 0.15) is 30.5 Å². The molecule has 0 heterocycles. The molecule has 0 bridgehead atoms. The molecule has 2 N–H and O–H groups in total. The molecule has 0 unspecified atom stereocenters. The Balaban J connectivity index is 1.99. The number of halogens is 1. The maximum Gasteiger partial charge on any atom is 0.119 e. The van der Waals surface area contributed by atoms with Gasteiger partial charge in [-0.15, -0.1) is 0 Å². The number of hydrogen-bond donors (Lipinski definition) is 1. The van der Waals surface area contributed by atoms with E-state index < -0.39 is 0 Å². The molecule has 2 rings (SSSR count). The zero-order valence-corrected chi connectivity index (χ0v) is 12.6. The summed E-state index contributed by atoms with van der Waals surface area (Å²) in [5, 5.41) is 0. The second kappa shape index (κ2) is 6.73.